The highest BCUT2D eigenvalue weighted by atomic mass is 16.7. The van der Waals surface area contributed by atoms with Gasteiger partial charge in [0.05, 0.1) is 28.3 Å². The summed E-state index contributed by atoms with van der Waals surface area (Å²) in [5.74, 6) is 0.371. The number of aromatic nitrogens is 3. The molecule has 514 valence electrons. The van der Waals surface area contributed by atoms with E-state index in [1.807, 2.05) is 18.6 Å². The molecular formula is C95H104BN3O2. The molecule has 101 heavy (non-hydrogen) atoms. The van der Waals surface area contributed by atoms with E-state index >= 15 is 0 Å². The lowest BCUT2D eigenvalue weighted by molar-refractivity contribution is 0.00578. The molecule has 2 fully saturated rings. The molecule has 0 N–H and O–H groups in total. The van der Waals surface area contributed by atoms with Crippen molar-refractivity contribution in [1.29, 1.82) is 0 Å². The third-order valence-electron chi connectivity index (χ3n) is 22.2. The first kappa shape index (κ1) is 70.6. The molecule has 13 rings (SSSR count). The Labute approximate surface area is 604 Å². The summed E-state index contributed by atoms with van der Waals surface area (Å²) in [4.78, 5) is 15.1. The zero-order valence-electron chi connectivity index (χ0n) is 63.5. The largest absolute Gasteiger partial charge is 0.495 e. The number of rotatable bonds is 12. The van der Waals surface area contributed by atoms with Gasteiger partial charge in [-0.1, -0.05) is 268 Å². The van der Waals surface area contributed by atoms with Crippen molar-refractivity contribution in [2.24, 2.45) is 0 Å². The van der Waals surface area contributed by atoms with Crippen LogP contribution < -0.4 is 5.46 Å². The minimum absolute atomic E-state index is 0.0313. The van der Waals surface area contributed by atoms with E-state index < -0.39 is 18.3 Å². The van der Waals surface area contributed by atoms with Gasteiger partial charge in [-0.3, -0.25) is 15.0 Å². The van der Waals surface area contributed by atoms with Crippen molar-refractivity contribution in [1.82, 2.24) is 15.0 Å². The summed E-state index contributed by atoms with van der Waals surface area (Å²) in [6.45, 7) is 43.2. The fraction of sp³-hybridized carbons (Fsp3) is 0.337. The summed E-state index contributed by atoms with van der Waals surface area (Å²) >= 11 is 0. The lowest BCUT2D eigenvalue weighted by atomic mass is 9.65. The van der Waals surface area contributed by atoms with E-state index in [-0.39, 0.29) is 44.8 Å². The zero-order chi connectivity index (χ0) is 71.8. The molecule has 2 atom stereocenters. The number of pyridine rings is 3. The molecule has 11 aromatic rings. The maximum Gasteiger partial charge on any atom is 0.495 e. The molecular weight excluding hydrogens is 1230 g/mol. The van der Waals surface area contributed by atoms with Crippen molar-refractivity contribution in [3.63, 3.8) is 0 Å². The van der Waals surface area contributed by atoms with Crippen molar-refractivity contribution < 1.29 is 9.31 Å². The molecule has 0 bridgehead atoms. The van der Waals surface area contributed by atoms with Gasteiger partial charge in [-0.2, -0.15) is 0 Å². The smallest absolute Gasteiger partial charge is 0.399 e. The van der Waals surface area contributed by atoms with Crippen LogP contribution in [0.2, 0.25) is 0 Å². The zero-order valence-corrected chi connectivity index (χ0v) is 63.5. The molecule has 0 amide bonds. The van der Waals surface area contributed by atoms with Crippen LogP contribution >= 0.6 is 0 Å². The van der Waals surface area contributed by atoms with Crippen molar-refractivity contribution in [3.8, 4) is 89.4 Å². The van der Waals surface area contributed by atoms with Crippen LogP contribution in [0.1, 0.15) is 213 Å². The van der Waals surface area contributed by atoms with E-state index in [4.69, 9.17) is 24.3 Å². The number of benzene rings is 8. The van der Waals surface area contributed by atoms with Gasteiger partial charge in [-0.05, 0) is 251 Å². The van der Waals surface area contributed by atoms with Gasteiger partial charge in [0.2, 0.25) is 0 Å². The second kappa shape index (κ2) is 26.9. The highest BCUT2D eigenvalue weighted by molar-refractivity contribution is 6.64. The van der Waals surface area contributed by atoms with Crippen LogP contribution in [-0.2, 0) is 36.4 Å². The first-order valence-electron chi connectivity index (χ1n) is 36.9. The summed E-state index contributed by atoms with van der Waals surface area (Å²) in [6.07, 6.45) is 8.73. The maximum atomic E-state index is 7.13. The molecule has 0 spiro atoms. The maximum absolute atomic E-state index is 7.13. The van der Waals surface area contributed by atoms with Crippen molar-refractivity contribution in [3.05, 3.63) is 275 Å². The van der Waals surface area contributed by atoms with Gasteiger partial charge in [0.25, 0.3) is 0 Å². The van der Waals surface area contributed by atoms with E-state index in [1.165, 1.54) is 94.6 Å². The molecule has 1 aliphatic carbocycles. The third kappa shape index (κ3) is 14.7. The van der Waals surface area contributed by atoms with Crippen LogP contribution in [-0.4, -0.2) is 33.3 Å². The summed E-state index contributed by atoms with van der Waals surface area (Å²) < 4.78 is 14.3. The predicted octanol–water partition coefficient (Wildman–Crippen LogP) is 24.8. The molecule has 1 saturated carbocycles. The second-order valence-corrected chi connectivity index (χ2v) is 35.2. The normalized spacial score (nSPS) is 17.3. The fourth-order valence-corrected chi connectivity index (χ4v) is 15.3. The molecule has 6 heteroatoms. The predicted molar refractivity (Wildman–Crippen MR) is 427 cm³/mol. The first-order valence-corrected chi connectivity index (χ1v) is 36.9. The Morgan fingerprint density at radius 2 is 0.614 bits per heavy atom. The molecule has 8 aromatic carbocycles. The fourth-order valence-electron chi connectivity index (χ4n) is 15.3. The summed E-state index contributed by atoms with van der Waals surface area (Å²) in [5, 5.41) is 0. The summed E-state index contributed by atoms with van der Waals surface area (Å²) in [5.41, 5.74) is 28.2. The molecule has 2 aliphatic rings. The average Bonchev–Trinajstić information content (AvgIpc) is 1.75. The van der Waals surface area contributed by atoms with E-state index in [0.717, 1.165) is 64.1 Å². The summed E-state index contributed by atoms with van der Waals surface area (Å²) in [7, 11) is -0.625. The van der Waals surface area contributed by atoms with Gasteiger partial charge in [0.1, 0.15) is 0 Å². The molecule has 1 saturated heterocycles. The van der Waals surface area contributed by atoms with Crippen LogP contribution in [0.25, 0.3) is 89.4 Å². The Morgan fingerprint density at radius 3 is 0.990 bits per heavy atom. The highest BCUT2D eigenvalue weighted by Crippen LogP contribution is 2.55. The van der Waals surface area contributed by atoms with E-state index in [9.17, 15) is 0 Å². The van der Waals surface area contributed by atoms with E-state index in [0.29, 0.717) is 0 Å². The lowest BCUT2D eigenvalue weighted by Crippen LogP contribution is -2.41. The Kier molecular flexibility index (Phi) is 18.8. The lowest BCUT2D eigenvalue weighted by Gasteiger charge is -2.39. The van der Waals surface area contributed by atoms with Gasteiger partial charge < -0.3 is 9.31 Å². The molecule has 2 unspecified atom stereocenters. The van der Waals surface area contributed by atoms with E-state index in [2.05, 4.69) is 344 Å². The average molecular weight is 1330 g/mol. The monoisotopic (exact) mass is 1330 g/mol. The Hall–Kier alpha value is -8.81. The third-order valence-corrected chi connectivity index (χ3v) is 22.2. The standard InChI is InChI=1S/C95H104BN3O2/c1-89(2,3)69-37-42-75(83(56-69)78-39-34-63(53-81(78)61-28-22-20-23-29-61)86-58-71(44-47-97-86)91(7,8)9)67-50-66(74-32-26-27-33-77(74)80-41-36-65(88-60-73(46-49-99-88)93(13,14)15)55-85(80)96-100-94(16,17)95(18,19)101-96)51-68(52-67)76-43-38-70(90(4,5)6)57-84(76)79-40-35-64(54-82(79)62-30-24-21-25-31-62)87-59-72(45-48-98-87)92(10,11)12/h20-49,53-60,66-68H,50-52H2,1-19H3. The number of hydrogen-bond donors (Lipinski definition) is 0. The molecule has 0 radical (unpaired) electrons. The molecule has 5 nitrogen and oxygen atoms in total. The SMILES string of the molecule is CC(C)(C)c1ccnc(-c2ccc(-c3ccccc3C3CC(c4ccc(C(C)(C)C)cc4-c4ccc(-c5cc(C(C)(C)C)ccn5)cc4-c4ccccc4)CC(c4ccc(C(C)(C)C)cc4-c4ccc(-c5cc(C(C)(C)C)ccn5)cc4-c4ccccc4)C3)c(B3OC(C)(C)C(C)(C)O3)c2)c1. The van der Waals surface area contributed by atoms with Crippen LogP contribution in [0, 0.1) is 0 Å². The second-order valence-electron chi connectivity index (χ2n) is 35.2. The quantitative estimate of drug-likeness (QED) is 0.114. The van der Waals surface area contributed by atoms with E-state index in [1.54, 1.807) is 0 Å². The molecule has 1 aliphatic heterocycles. The molecule has 4 heterocycles. The van der Waals surface area contributed by atoms with Gasteiger partial charge in [0, 0.05) is 29.7 Å². The minimum Gasteiger partial charge on any atom is -0.399 e. The highest BCUT2D eigenvalue weighted by Gasteiger charge is 2.52. The number of nitrogens with zero attached hydrogens (tertiary/aromatic N) is 3. The van der Waals surface area contributed by atoms with Crippen LogP contribution in [0.3, 0.4) is 0 Å². The van der Waals surface area contributed by atoms with Crippen molar-refractivity contribution >= 4 is 12.6 Å². The van der Waals surface area contributed by atoms with Gasteiger partial charge >= 0.3 is 7.12 Å². The first-order chi connectivity index (χ1) is 47.7. The van der Waals surface area contributed by atoms with Crippen LogP contribution in [0.5, 0.6) is 0 Å². The summed E-state index contributed by atoms with van der Waals surface area (Å²) in [6, 6.07) is 80.9. The van der Waals surface area contributed by atoms with Crippen LogP contribution in [0.4, 0.5) is 0 Å². The topological polar surface area (TPSA) is 57.1 Å². The Morgan fingerprint density at radius 1 is 0.287 bits per heavy atom. The minimum atomic E-state index is -0.625. The van der Waals surface area contributed by atoms with Crippen molar-refractivity contribution in [2.75, 3.05) is 0 Å². The number of hydrogen-bond acceptors (Lipinski definition) is 5. The van der Waals surface area contributed by atoms with Gasteiger partial charge in [0.15, 0.2) is 0 Å². The van der Waals surface area contributed by atoms with Gasteiger partial charge in [-0.15, -0.1) is 0 Å². The van der Waals surface area contributed by atoms with Crippen LogP contribution in [0.15, 0.2) is 231 Å². The van der Waals surface area contributed by atoms with Gasteiger partial charge in [-0.25, -0.2) is 0 Å². The Balaban J connectivity index is 1.04. The Bertz CT molecular complexity index is 4620. The molecule has 3 aromatic heterocycles. The van der Waals surface area contributed by atoms with Crippen molar-refractivity contribution in [2.45, 2.75) is 207 Å².